The molecule has 232 valence electrons. The van der Waals surface area contributed by atoms with Gasteiger partial charge in [0, 0.05) is 5.97 Å². The molecule has 0 bridgehead atoms. The van der Waals surface area contributed by atoms with Crippen LogP contribution in [0, 0.1) is 0 Å². The summed E-state index contributed by atoms with van der Waals surface area (Å²) in [5.74, 6) is -1.08. The average Bonchev–Trinajstić information content (AvgIpc) is 3.68. The number of carboxylic acid groups (broad SMARTS) is 1. The van der Waals surface area contributed by atoms with Crippen molar-refractivity contribution in [3.8, 4) is 0 Å². The van der Waals surface area contributed by atoms with Crippen LogP contribution in [-0.4, -0.2) is 24.2 Å². The van der Waals surface area contributed by atoms with Gasteiger partial charge in [0.2, 0.25) is 25.3 Å². The molecule has 0 saturated heterocycles. The number of hydrogen-bond acceptors (Lipinski definition) is 6. The maximum Gasteiger partial charge on any atom is 0.243 e. The molecule has 0 radical (unpaired) electrons. The number of carbonyl (C=O) groups excluding carboxylic acids is 1. The summed E-state index contributed by atoms with van der Waals surface area (Å²) in [5.41, 5.74) is 0. The number of nitrogens with zero attached hydrogens (tertiary/aromatic N) is 8. The fourth-order valence-electron chi connectivity index (χ4n) is 2.76. The van der Waals surface area contributed by atoms with Crippen molar-refractivity contribution in [3.63, 3.8) is 0 Å². The zero-order valence-electron chi connectivity index (χ0n) is 25.7. The largest absolute Gasteiger partial charge is 0.822 e. The van der Waals surface area contributed by atoms with E-state index in [4.69, 9.17) is 29.1 Å². The van der Waals surface area contributed by atoms with Gasteiger partial charge in [-0.25, -0.2) is 36.5 Å². The van der Waals surface area contributed by atoms with Crippen molar-refractivity contribution in [2.24, 2.45) is 28.2 Å². The monoisotopic (exact) mass is 598 g/mol. The lowest BCUT2D eigenvalue weighted by molar-refractivity contribution is -0.693. The van der Waals surface area contributed by atoms with Crippen LogP contribution in [0.4, 0.5) is 0 Å². The van der Waals surface area contributed by atoms with Crippen molar-refractivity contribution >= 4 is 13.8 Å². The van der Waals surface area contributed by atoms with E-state index in [1.807, 2.05) is 71.2 Å². The van der Waals surface area contributed by atoms with Crippen molar-refractivity contribution in [2.45, 2.75) is 60.8 Å². The number of imidazole rings is 4. The van der Waals surface area contributed by atoms with E-state index in [0.29, 0.717) is 0 Å². The number of carbonyl (C=O) groups is 1. The summed E-state index contributed by atoms with van der Waals surface area (Å²) in [4.78, 5) is 34.5. The van der Waals surface area contributed by atoms with Crippen molar-refractivity contribution in [2.75, 3.05) is 0 Å². The second kappa shape index (κ2) is 22.1. The van der Waals surface area contributed by atoms with Gasteiger partial charge in [-0.2, -0.15) is 7.82 Å². The first-order chi connectivity index (χ1) is 19.0. The highest BCUT2D eigenvalue weighted by Gasteiger charge is 1.94. The highest BCUT2D eigenvalue weighted by molar-refractivity contribution is 7.40. The number of aliphatic carboxylic acids is 1. The Labute approximate surface area is 243 Å². The van der Waals surface area contributed by atoms with Crippen LogP contribution in [0.1, 0.15) is 34.6 Å². The van der Waals surface area contributed by atoms with E-state index in [9.17, 15) is 0 Å². The van der Waals surface area contributed by atoms with Crippen LogP contribution in [0.3, 0.4) is 0 Å². The average molecular weight is 599 g/mol. The van der Waals surface area contributed by atoms with E-state index < -0.39 is 13.8 Å². The Morgan fingerprint density at radius 3 is 0.780 bits per heavy atom. The molecular formula is C26H47N8O6P. The van der Waals surface area contributed by atoms with Crippen molar-refractivity contribution in [1.29, 1.82) is 0 Å². The zero-order valence-corrected chi connectivity index (χ0v) is 26.6. The summed E-state index contributed by atoms with van der Waals surface area (Å²) < 4.78 is 25.2. The molecule has 15 heteroatoms. The highest BCUT2D eigenvalue weighted by atomic mass is 31.2. The van der Waals surface area contributed by atoms with Crippen LogP contribution in [0.15, 0.2) is 74.9 Å². The fourth-order valence-corrected chi connectivity index (χ4v) is 2.76. The minimum Gasteiger partial charge on any atom is -0.822 e. The van der Waals surface area contributed by atoms with Gasteiger partial charge in [-0.05, 0) is 34.6 Å². The topological polar surface area (TPSA) is 162 Å². The molecule has 0 spiro atoms. The smallest absolute Gasteiger partial charge is 0.243 e. The Morgan fingerprint density at radius 2 is 0.732 bits per heavy atom. The SMILES string of the molecule is CC(=O)[O-].CC[n+]1ccn(C)c1.CC[n+]1ccn(C)c1.CC[n+]1ccn(C)c1.CC[n+]1ccn(C)c1.O=P([O-])([O-])[O-]. The summed E-state index contributed by atoms with van der Waals surface area (Å²) in [5, 5.41) is 8.89. The van der Waals surface area contributed by atoms with Crippen LogP contribution in [0.25, 0.3) is 0 Å². The molecule has 0 aliphatic heterocycles. The van der Waals surface area contributed by atoms with Crippen molar-refractivity contribution in [1.82, 2.24) is 18.3 Å². The molecule has 4 aromatic heterocycles. The number of aromatic nitrogens is 8. The molecule has 0 aliphatic carbocycles. The lowest BCUT2D eigenvalue weighted by Gasteiger charge is -2.36. The number of rotatable bonds is 4. The summed E-state index contributed by atoms with van der Waals surface area (Å²) in [6.45, 7) is 13.7. The molecule has 0 aliphatic rings. The van der Waals surface area contributed by atoms with Gasteiger partial charge >= 0.3 is 0 Å². The molecule has 4 aromatic rings. The van der Waals surface area contributed by atoms with Gasteiger partial charge in [0.1, 0.15) is 49.6 Å². The lowest BCUT2D eigenvalue weighted by Crippen LogP contribution is -2.28. The third kappa shape index (κ3) is 26.4. The van der Waals surface area contributed by atoms with Crippen LogP contribution in [-0.2, 0) is 63.7 Å². The van der Waals surface area contributed by atoms with Gasteiger partial charge in [-0.3, -0.25) is 0 Å². The second-order valence-corrected chi connectivity index (χ2v) is 9.47. The van der Waals surface area contributed by atoms with E-state index >= 15 is 0 Å². The zero-order chi connectivity index (χ0) is 32.0. The molecule has 0 saturated carbocycles. The second-order valence-electron chi connectivity index (χ2n) is 8.58. The van der Waals surface area contributed by atoms with Gasteiger partial charge < -0.3 is 29.1 Å². The lowest BCUT2D eigenvalue weighted by atomic mass is 10.7. The minimum atomic E-state index is -5.39. The van der Waals surface area contributed by atoms with E-state index in [2.05, 4.69) is 96.1 Å². The third-order valence-electron chi connectivity index (χ3n) is 4.76. The van der Waals surface area contributed by atoms with E-state index in [1.54, 1.807) is 0 Å². The Balaban J connectivity index is 0. The first-order valence-electron chi connectivity index (χ1n) is 13.0. The molecule has 0 amide bonds. The number of aryl methyl sites for hydroxylation is 8. The summed E-state index contributed by atoms with van der Waals surface area (Å²) in [6, 6.07) is 0. The predicted molar refractivity (Wildman–Crippen MR) is 143 cm³/mol. The van der Waals surface area contributed by atoms with E-state index in [-0.39, 0.29) is 0 Å². The molecule has 0 N–H and O–H groups in total. The fraction of sp³-hybridized carbons (Fsp3) is 0.500. The standard InChI is InChI=1S/4C6H11N2.C2H4O2.H3O4P/c4*1-3-8-5-4-7(2)6-8;1-2(3)4;1-5(2,3)4/h4*4-6H,3H2,1-2H3;1H3,(H,3,4);(H3,1,2,3,4)/q4*+1;;/p-4. The number of phosphoric acid groups is 1. The summed E-state index contributed by atoms with van der Waals surface area (Å²) >= 11 is 0. The molecule has 41 heavy (non-hydrogen) atoms. The third-order valence-corrected chi connectivity index (χ3v) is 4.76. The first-order valence-corrected chi connectivity index (χ1v) is 14.4. The van der Waals surface area contributed by atoms with Gasteiger partial charge in [0.05, 0.1) is 54.4 Å². The molecule has 4 rings (SSSR count). The number of carboxylic acids is 1. The summed E-state index contributed by atoms with van der Waals surface area (Å²) in [6.07, 6.45) is 24.6. The van der Waals surface area contributed by atoms with Crippen molar-refractivity contribution < 1.29 is 47.4 Å². The molecular weight excluding hydrogens is 551 g/mol. The van der Waals surface area contributed by atoms with Crippen LogP contribution in [0.2, 0.25) is 0 Å². The Bertz CT molecular complexity index is 1080. The Kier molecular flexibility index (Phi) is 21.4. The first kappa shape index (κ1) is 39.6. The summed E-state index contributed by atoms with van der Waals surface area (Å²) in [7, 11) is 2.69. The van der Waals surface area contributed by atoms with Gasteiger partial charge in [-0.15, -0.1) is 0 Å². The van der Waals surface area contributed by atoms with Gasteiger partial charge in [0.25, 0.3) is 0 Å². The molecule has 0 fully saturated rings. The molecule has 0 aromatic carbocycles. The van der Waals surface area contributed by atoms with E-state index in [0.717, 1.165) is 33.1 Å². The molecule has 14 nitrogen and oxygen atoms in total. The molecule has 0 unspecified atom stereocenters. The quantitative estimate of drug-likeness (QED) is 0.183. The number of hydrogen-bond donors (Lipinski definition) is 0. The van der Waals surface area contributed by atoms with Crippen LogP contribution >= 0.6 is 7.82 Å². The maximum atomic E-state index is 8.89. The minimum absolute atomic E-state index is 0.972. The van der Waals surface area contributed by atoms with E-state index in [1.165, 1.54) is 0 Å². The Hall–Kier alpha value is -3.58. The van der Waals surface area contributed by atoms with Crippen molar-refractivity contribution in [3.05, 3.63) is 74.9 Å². The maximum absolute atomic E-state index is 8.89. The molecule has 4 heterocycles. The van der Waals surface area contributed by atoms with Gasteiger partial charge in [-0.1, -0.05) is 0 Å². The van der Waals surface area contributed by atoms with Crippen LogP contribution in [0.5, 0.6) is 0 Å². The van der Waals surface area contributed by atoms with Gasteiger partial charge in [0.15, 0.2) is 0 Å². The normalized spacial score (nSPS) is 9.66. The predicted octanol–water partition coefficient (Wildman–Crippen LogP) is -2.74. The molecule has 0 atom stereocenters. The van der Waals surface area contributed by atoms with Crippen LogP contribution < -0.4 is 38.1 Å². The highest BCUT2D eigenvalue weighted by Crippen LogP contribution is 2.03. The Morgan fingerprint density at radius 1 is 0.585 bits per heavy atom.